The van der Waals surface area contributed by atoms with Crippen LogP contribution in [0.2, 0.25) is 0 Å². The Balaban J connectivity index is 2.74. The van der Waals surface area contributed by atoms with Gasteiger partial charge in [-0.15, -0.1) is 23.4 Å². The minimum absolute atomic E-state index is 0.238. The molecule has 0 fully saturated rings. The van der Waals surface area contributed by atoms with Gasteiger partial charge in [-0.3, -0.25) is 4.79 Å². The molecule has 0 atom stereocenters. The second-order valence-corrected chi connectivity index (χ2v) is 4.37. The number of hydrogen-bond donors (Lipinski definition) is 1. The van der Waals surface area contributed by atoms with Crippen LogP contribution in [0, 0.1) is 0 Å². The van der Waals surface area contributed by atoms with Crippen LogP contribution < -0.4 is 5.32 Å². The van der Waals surface area contributed by atoms with Gasteiger partial charge in [0.15, 0.2) is 0 Å². The summed E-state index contributed by atoms with van der Waals surface area (Å²) in [5, 5.41) is 2.44. The summed E-state index contributed by atoms with van der Waals surface area (Å²) in [5.41, 5.74) is 0.340. The maximum atomic E-state index is 12.1. The highest BCUT2D eigenvalue weighted by atomic mass is 35.5. The Labute approximate surface area is 106 Å². The molecule has 0 aliphatic heterocycles. The number of carbonyl (C=O) groups excluding carboxylic acids is 1. The molecule has 0 radical (unpaired) electrons. The average Bonchev–Trinajstić information content (AvgIpc) is 2.26. The number of carbonyl (C=O) groups is 1. The molecule has 1 aromatic carbocycles. The third kappa shape index (κ3) is 5.32. The van der Waals surface area contributed by atoms with Gasteiger partial charge in [0.25, 0.3) is 0 Å². The number of nitrogens with one attached hydrogen (secondary N) is 1. The van der Waals surface area contributed by atoms with Gasteiger partial charge < -0.3 is 5.32 Å². The van der Waals surface area contributed by atoms with Crippen molar-refractivity contribution in [1.29, 1.82) is 0 Å². The third-order valence-electron chi connectivity index (χ3n) is 1.67. The van der Waals surface area contributed by atoms with Gasteiger partial charge in [-0.1, -0.05) is 12.1 Å². The van der Waals surface area contributed by atoms with E-state index in [1.807, 2.05) is 0 Å². The molecule has 0 unspecified atom stereocenters. The highest BCUT2D eigenvalue weighted by Crippen LogP contribution is 2.31. The van der Waals surface area contributed by atoms with Crippen molar-refractivity contribution >= 4 is 35.0 Å². The molecule has 0 saturated carbocycles. The molecule has 17 heavy (non-hydrogen) atoms. The van der Waals surface area contributed by atoms with Crippen LogP contribution in [0.3, 0.4) is 0 Å². The molecule has 0 heterocycles. The molecule has 1 amide bonds. The lowest BCUT2D eigenvalue weighted by Gasteiger charge is -2.11. The fraction of sp³-hybridized carbons (Fsp3) is 0.300. The molecule has 2 nitrogen and oxygen atoms in total. The monoisotopic (exact) mass is 283 g/mol. The molecule has 0 spiro atoms. The molecular weight excluding hydrogens is 275 g/mol. The van der Waals surface area contributed by atoms with Crippen LogP contribution in [0.25, 0.3) is 0 Å². The van der Waals surface area contributed by atoms with Crippen LogP contribution in [0.15, 0.2) is 29.2 Å². The van der Waals surface area contributed by atoms with E-state index in [0.717, 1.165) is 0 Å². The summed E-state index contributed by atoms with van der Waals surface area (Å²) >= 11 is 5.93. The standard InChI is InChI=1S/C10H9ClF3NOS/c11-5-9(16)15-7-3-1-2-4-8(7)17-6-10(12,13)14/h1-4H,5-6H2,(H,15,16). The average molecular weight is 284 g/mol. The Morgan fingerprint density at radius 1 is 1.35 bits per heavy atom. The molecule has 0 aliphatic carbocycles. The number of hydrogen-bond acceptors (Lipinski definition) is 2. The van der Waals surface area contributed by atoms with E-state index >= 15 is 0 Å². The highest BCUT2D eigenvalue weighted by molar-refractivity contribution is 7.99. The number of rotatable bonds is 4. The third-order valence-corrected chi connectivity index (χ3v) is 3.06. The molecule has 94 valence electrons. The van der Waals surface area contributed by atoms with E-state index in [1.165, 1.54) is 12.1 Å². The number of alkyl halides is 4. The lowest BCUT2D eigenvalue weighted by atomic mass is 10.3. The topological polar surface area (TPSA) is 29.1 Å². The van der Waals surface area contributed by atoms with Crippen molar-refractivity contribution in [2.75, 3.05) is 16.9 Å². The summed E-state index contributed by atoms with van der Waals surface area (Å²) in [5.74, 6) is -1.69. The lowest BCUT2D eigenvalue weighted by Crippen LogP contribution is -2.14. The van der Waals surface area contributed by atoms with Gasteiger partial charge >= 0.3 is 6.18 Å². The van der Waals surface area contributed by atoms with Gasteiger partial charge in [-0.25, -0.2) is 0 Å². The molecule has 7 heteroatoms. The summed E-state index contributed by atoms with van der Waals surface area (Å²) in [6.45, 7) is 0. The number of halogens is 4. The predicted octanol–water partition coefficient (Wildman–Crippen LogP) is 3.52. The van der Waals surface area contributed by atoms with Crippen LogP contribution in [0.1, 0.15) is 0 Å². The number of thioether (sulfide) groups is 1. The quantitative estimate of drug-likeness (QED) is 0.677. The first-order chi connectivity index (χ1) is 7.92. The Hall–Kier alpha value is -0.880. The van der Waals surface area contributed by atoms with E-state index in [1.54, 1.807) is 12.1 Å². The largest absolute Gasteiger partial charge is 0.398 e. The van der Waals surface area contributed by atoms with Crippen LogP contribution in [0.5, 0.6) is 0 Å². The highest BCUT2D eigenvalue weighted by Gasteiger charge is 2.27. The minimum atomic E-state index is -4.24. The fourth-order valence-corrected chi connectivity index (χ4v) is 1.87. The van der Waals surface area contributed by atoms with Crippen molar-refractivity contribution in [2.24, 2.45) is 0 Å². The predicted molar refractivity (Wildman–Crippen MR) is 62.6 cm³/mol. The Morgan fingerprint density at radius 2 is 2.00 bits per heavy atom. The molecule has 0 aliphatic rings. The van der Waals surface area contributed by atoms with Crippen LogP contribution in [0.4, 0.5) is 18.9 Å². The molecule has 1 rings (SSSR count). The van der Waals surface area contributed by atoms with E-state index < -0.39 is 17.8 Å². The minimum Gasteiger partial charge on any atom is -0.324 e. The first kappa shape index (κ1) is 14.2. The van der Waals surface area contributed by atoms with Crippen LogP contribution in [-0.4, -0.2) is 23.7 Å². The van der Waals surface area contributed by atoms with Gasteiger partial charge in [0, 0.05) is 4.90 Å². The number of benzene rings is 1. The van der Waals surface area contributed by atoms with Crippen molar-refractivity contribution < 1.29 is 18.0 Å². The van der Waals surface area contributed by atoms with E-state index in [-0.39, 0.29) is 5.88 Å². The SMILES string of the molecule is O=C(CCl)Nc1ccccc1SCC(F)(F)F. The van der Waals surface area contributed by atoms with Gasteiger partial charge in [0.1, 0.15) is 5.88 Å². The Bertz CT molecular complexity index is 397. The molecule has 0 bridgehead atoms. The molecular formula is C10H9ClF3NOS. The molecule has 0 aromatic heterocycles. The number of para-hydroxylation sites is 1. The summed E-state index contributed by atoms with van der Waals surface area (Å²) in [6.07, 6.45) is -4.24. The van der Waals surface area contributed by atoms with Gasteiger partial charge in [-0.05, 0) is 12.1 Å². The van der Waals surface area contributed by atoms with E-state index in [4.69, 9.17) is 11.6 Å². The first-order valence-electron chi connectivity index (χ1n) is 4.57. The zero-order valence-corrected chi connectivity index (χ0v) is 10.1. The molecule has 0 saturated heterocycles. The van der Waals surface area contributed by atoms with Crippen molar-refractivity contribution in [3.05, 3.63) is 24.3 Å². The Morgan fingerprint density at radius 3 is 2.59 bits per heavy atom. The van der Waals surface area contributed by atoms with Crippen molar-refractivity contribution in [2.45, 2.75) is 11.1 Å². The Kier molecular flexibility index (Phi) is 5.14. The number of amides is 1. The first-order valence-corrected chi connectivity index (χ1v) is 6.09. The summed E-state index contributed by atoms with van der Waals surface area (Å²) in [6, 6.07) is 6.28. The second kappa shape index (κ2) is 6.16. The summed E-state index contributed by atoms with van der Waals surface area (Å²) in [4.78, 5) is 11.4. The van der Waals surface area contributed by atoms with E-state index in [0.29, 0.717) is 22.3 Å². The van der Waals surface area contributed by atoms with Crippen molar-refractivity contribution in [3.63, 3.8) is 0 Å². The fourth-order valence-electron chi connectivity index (χ4n) is 1.04. The lowest BCUT2D eigenvalue weighted by molar-refractivity contribution is -0.114. The zero-order chi connectivity index (χ0) is 12.9. The normalized spacial score (nSPS) is 11.3. The molecule has 1 N–H and O–H groups in total. The van der Waals surface area contributed by atoms with Crippen molar-refractivity contribution in [1.82, 2.24) is 0 Å². The van der Waals surface area contributed by atoms with E-state index in [2.05, 4.69) is 5.32 Å². The van der Waals surface area contributed by atoms with Crippen molar-refractivity contribution in [3.8, 4) is 0 Å². The van der Waals surface area contributed by atoms with Crippen LogP contribution in [-0.2, 0) is 4.79 Å². The summed E-state index contributed by atoms with van der Waals surface area (Å²) in [7, 11) is 0. The smallest absolute Gasteiger partial charge is 0.324 e. The van der Waals surface area contributed by atoms with Crippen LogP contribution >= 0.6 is 23.4 Å². The second-order valence-electron chi connectivity index (χ2n) is 3.08. The van der Waals surface area contributed by atoms with Gasteiger partial charge in [0.2, 0.25) is 5.91 Å². The maximum Gasteiger partial charge on any atom is 0.398 e. The summed E-state index contributed by atoms with van der Waals surface area (Å²) < 4.78 is 36.2. The van der Waals surface area contributed by atoms with Gasteiger partial charge in [0.05, 0.1) is 11.4 Å². The molecule has 1 aromatic rings. The maximum absolute atomic E-state index is 12.1. The van der Waals surface area contributed by atoms with E-state index in [9.17, 15) is 18.0 Å². The zero-order valence-electron chi connectivity index (χ0n) is 8.55. The van der Waals surface area contributed by atoms with Gasteiger partial charge in [-0.2, -0.15) is 13.2 Å². The number of anilines is 1.